The first-order valence-corrected chi connectivity index (χ1v) is 7.79. The maximum absolute atomic E-state index is 12.8. The third-order valence-corrected chi connectivity index (χ3v) is 3.62. The number of fused-ring (bicyclic) bond motifs is 1. The van der Waals surface area contributed by atoms with Gasteiger partial charge in [0.1, 0.15) is 12.4 Å². The minimum absolute atomic E-state index is 0.250. The quantitative estimate of drug-likeness (QED) is 0.722. The van der Waals surface area contributed by atoms with Crippen LogP contribution in [0, 0.1) is 5.82 Å². The molecule has 1 heterocycles. The Kier molecular flexibility index (Phi) is 5.02. The molecule has 1 aromatic heterocycles. The van der Waals surface area contributed by atoms with Gasteiger partial charge in [0.15, 0.2) is 0 Å². The number of nitrogens with zero attached hydrogens (tertiary/aromatic N) is 2. The standard InChI is InChI=1S/C18H15FN4O3/c19-12-5-7-13(8-6-12)22-16(24)9-20-17(25)10-23-11-21-15-4-2-1-3-14(15)18(23)26/h1-8,11H,9-10H2,(H,20,25)(H,22,24). The molecule has 3 aromatic rings. The van der Waals surface area contributed by atoms with E-state index in [2.05, 4.69) is 15.6 Å². The van der Waals surface area contributed by atoms with Crippen LogP contribution in [0.3, 0.4) is 0 Å². The van der Waals surface area contributed by atoms with E-state index in [0.717, 1.165) is 0 Å². The van der Waals surface area contributed by atoms with E-state index in [9.17, 15) is 18.8 Å². The highest BCUT2D eigenvalue weighted by atomic mass is 19.1. The van der Waals surface area contributed by atoms with Gasteiger partial charge in [0.25, 0.3) is 5.56 Å². The number of hydrogen-bond acceptors (Lipinski definition) is 4. The van der Waals surface area contributed by atoms with Crippen LogP contribution in [0.2, 0.25) is 0 Å². The molecular weight excluding hydrogens is 339 g/mol. The van der Waals surface area contributed by atoms with Gasteiger partial charge >= 0.3 is 0 Å². The normalized spacial score (nSPS) is 10.5. The van der Waals surface area contributed by atoms with Crippen LogP contribution in [0.25, 0.3) is 10.9 Å². The van der Waals surface area contributed by atoms with E-state index in [1.165, 1.54) is 35.2 Å². The fourth-order valence-corrected chi connectivity index (χ4v) is 2.35. The first kappa shape index (κ1) is 17.3. The number of anilines is 1. The molecule has 2 amide bonds. The predicted octanol–water partition coefficient (Wildman–Crippen LogP) is 1.29. The van der Waals surface area contributed by atoms with Crippen LogP contribution >= 0.6 is 0 Å². The summed E-state index contributed by atoms with van der Waals surface area (Å²) in [6.45, 7) is -0.521. The van der Waals surface area contributed by atoms with Crippen molar-refractivity contribution in [3.8, 4) is 0 Å². The van der Waals surface area contributed by atoms with Crippen molar-refractivity contribution in [3.05, 3.63) is 71.0 Å². The van der Waals surface area contributed by atoms with E-state index in [4.69, 9.17) is 0 Å². The van der Waals surface area contributed by atoms with Gasteiger partial charge in [-0.3, -0.25) is 19.0 Å². The second kappa shape index (κ2) is 7.56. The number of carbonyl (C=O) groups excluding carboxylic acids is 2. The van der Waals surface area contributed by atoms with Gasteiger partial charge in [-0.25, -0.2) is 9.37 Å². The number of aromatic nitrogens is 2. The monoisotopic (exact) mass is 354 g/mol. The van der Waals surface area contributed by atoms with Gasteiger partial charge in [-0.2, -0.15) is 0 Å². The fourth-order valence-electron chi connectivity index (χ4n) is 2.35. The van der Waals surface area contributed by atoms with Crippen LogP contribution in [0.1, 0.15) is 0 Å². The second-order valence-electron chi connectivity index (χ2n) is 5.53. The van der Waals surface area contributed by atoms with E-state index >= 15 is 0 Å². The molecule has 0 saturated heterocycles. The van der Waals surface area contributed by atoms with E-state index in [0.29, 0.717) is 16.6 Å². The fraction of sp³-hybridized carbons (Fsp3) is 0.111. The Morgan fingerprint density at radius 3 is 2.54 bits per heavy atom. The average Bonchev–Trinajstić information content (AvgIpc) is 2.64. The molecule has 0 aliphatic rings. The molecule has 0 radical (unpaired) electrons. The lowest BCUT2D eigenvalue weighted by Crippen LogP contribution is -2.37. The molecular formula is C18H15FN4O3. The first-order valence-electron chi connectivity index (χ1n) is 7.79. The van der Waals surface area contributed by atoms with Gasteiger partial charge in [0, 0.05) is 5.69 Å². The van der Waals surface area contributed by atoms with Gasteiger partial charge in [-0.05, 0) is 36.4 Å². The molecule has 0 aliphatic carbocycles. The van der Waals surface area contributed by atoms with Crippen LogP contribution in [0.5, 0.6) is 0 Å². The Hall–Kier alpha value is -3.55. The molecule has 26 heavy (non-hydrogen) atoms. The lowest BCUT2D eigenvalue weighted by atomic mass is 10.2. The molecule has 0 saturated carbocycles. The highest BCUT2D eigenvalue weighted by Crippen LogP contribution is 2.07. The van der Waals surface area contributed by atoms with Crippen LogP contribution in [-0.4, -0.2) is 27.9 Å². The van der Waals surface area contributed by atoms with Crippen molar-refractivity contribution in [2.24, 2.45) is 0 Å². The maximum atomic E-state index is 12.8. The molecule has 0 unspecified atom stereocenters. The summed E-state index contributed by atoms with van der Waals surface area (Å²) >= 11 is 0. The van der Waals surface area contributed by atoms with Crippen LogP contribution in [0.4, 0.5) is 10.1 Å². The summed E-state index contributed by atoms with van der Waals surface area (Å²) in [5.74, 6) is -1.38. The molecule has 3 rings (SSSR count). The number of amides is 2. The zero-order valence-electron chi connectivity index (χ0n) is 13.6. The molecule has 0 atom stereocenters. The molecule has 7 nitrogen and oxygen atoms in total. The number of halogens is 1. The number of nitrogens with one attached hydrogen (secondary N) is 2. The summed E-state index contributed by atoms with van der Waals surface area (Å²) in [6.07, 6.45) is 1.29. The molecule has 8 heteroatoms. The topological polar surface area (TPSA) is 93.1 Å². The van der Waals surface area contributed by atoms with Crippen molar-refractivity contribution >= 4 is 28.4 Å². The summed E-state index contributed by atoms with van der Waals surface area (Å²) in [5, 5.41) is 5.36. The minimum Gasteiger partial charge on any atom is -0.345 e. The zero-order valence-corrected chi connectivity index (χ0v) is 13.6. The van der Waals surface area contributed by atoms with Crippen molar-refractivity contribution in [1.82, 2.24) is 14.9 Å². The Labute approximate surface area is 147 Å². The lowest BCUT2D eigenvalue weighted by Gasteiger charge is -2.08. The number of rotatable bonds is 5. The predicted molar refractivity (Wildman–Crippen MR) is 94.0 cm³/mol. The first-order chi connectivity index (χ1) is 12.5. The molecule has 2 aromatic carbocycles. The zero-order chi connectivity index (χ0) is 18.5. The van der Waals surface area contributed by atoms with Gasteiger partial charge in [0.05, 0.1) is 23.8 Å². The van der Waals surface area contributed by atoms with Crippen LogP contribution in [0.15, 0.2) is 59.7 Å². The van der Waals surface area contributed by atoms with E-state index in [1.54, 1.807) is 24.3 Å². The third kappa shape index (κ3) is 4.10. The summed E-state index contributed by atoms with van der Waals surface area (Å²) in [7, 11) is 0. The van der Waals surface area contributed by atoms with Crippen molar-refractivity contribution in [1.29, 1.82) is 0 Å². The Morgan fingerprint density at radius 2 is 1.77 bits per heavy atom. The summed E-state index contributed by atoms with van der Waals surface area (Å²) < 4.78 is 14.0. The maximum Gasteiger partial charge on any atom is 0.261 e. The molecule has 2 N–H and O–H groups in total. The number of para-hydroxylation sites is 1. The van der Waals surface area contributed by atoms with Crippen molar-refractivity contribution < 1.29 is 14.0 Å². The van der Waals surface area contributed by atoms with Crippen molar-refractivity contribution in [2.45, 2.75) is 6.54 Å². The van der Waals surface area contributed by atoms with Gasteiger partial charge in [-0.1, -0.05) is 12.1 Å². The number of carbonyl (C=O) groups is 2. The Balaban J connectivity index is 1.57. The number of benzene rings is 2. The van der Waals surface area contributed by atoms with Crippen molar-refractivity contribution in [2.75, 3.05) is 11.9 Å². The number of hydrogen-bond donors (Lipinski definition) is 2. The lowest BCUT2D eigenvalue weighted by molar-refractivity contribution is -0.124. The average molecular weight is 354 g/mol. The summed E-state index contributed by atoms with van der Waals surface area (Å²) in [5.41, 5.74) is 0.634. The van der Waals surface area contributed by atoms with Gasteiger partial charge in [-0.15, -0.1) is 0 Å². The smallest absolute Gasteiger partial charge is 0.261 e. The van der Waals surface area contributed by atoms with E-state index in [1.807, 2.05) is 0 Å². The Morgan fingerprint density at radius 1 is 1.04 bits per heavy atom. The largest absolute Gasteiger partial charge is 0.345 e. The van der Waals surface area contributed by atoms with Crippen molar-refractivity contribution in [3.63, 3.8) is 0 Å². The van der Waals surface area contributed by atoms with E-state index in [-0.39, 0.29) is 18.6 Å². The summed E-state index contributed by atoms with van der Waals surface area (Å²) in [4.78, 5) is 40.2. The van der Waals surface area contributed by atoms with Crippen LogP contribution < -0.4 is 16.2 Å². The summed E-state index contributed by atoms with van der Waals surface area (Å²) in [6, 6.07) is 12.1. The van der Waals surface area contributed by atoms with Crippen LogP contribution in [-0.2, 0) is 16.1 Å². The third-order valence-electron chi connectivity index (χ3n) is 3.62. The highest BCUT2D eigenvalue weighted by molar-refractivity contribution is 5.94. The molecule has 0 fully saturated rings. The SMILES string of the molecule is O=C(Cn1cnc2ccccc2c1=O)NCC(=O)Nc1ccc(F)cc1. The second-order valence-corrected chi connectivity index (χ2v) is 5.53. The highest BCUT2D eigenvalue weighted by Gasteiger charge is 2.09. The molecule has 0 spiro atoms. The minimum atomic E-state index is -0.501. The Bertz CT molecular complexity index is 1010. The molecule has 132 valence electrons. The van der Waals surface area contributed by atoms with Gasteiger partial charge < -0.3 is 10.6 Å². The van der Waals surface area contributed by atoms with Gasteiger partial charge in [0.2, 0.25) is 11.8 Å². The molecule has 0 aliphatic heterocycles. The molecule has 0 bridgehead atoms. The van der Waals surface area contributed by atoms with E-state index < -0.39 is 17.6 Å².